The summed E-state index contributed by atoms with van der Waals surface area (Å²) >= 11 is 0. The Kier molecular flexibility index (Phi) is 19.3. The summed E-state index contributed by atoms with van der Waals surface area (Å²) in [6.45, 7) is 17.0. The number of unbranched alkanes of at least 4 members (excludes halogenated alkanes) is 2. The third kappa shape index (κ3) is 16.6. The fourth-order valence-electron chi connectivity index (χ4n) is 4.14. The molecule has 0 radical (unpaired) electrons. The molecule has 0 atom stereocenters. The van der Waals surface area contributed by atoms with Crippen molar-refractivity contribution in [3.63, 3.8) is 0 Å². The molecule has 4 aromatic rings. The number of phenols is 2. The van der Waals surface area contributed by atoms with Gasteiger partial charge in [0.25, 0.3) is 0 Å². The Morgan fingerprint density at radius 3 is 1.02 bits per heavy atom. The third-order valence-corrected chi connectivity index (χ3v) is 6.53. The molecule has 0 spiro atoms. The molecule has 0 aliphatic carbocycles. The van der Waals surface area contributed by atoms with Gasteiger partial charge in [-0.1, -0.05) is 130 Å². The van der Waals surface area contributed by atoms with E-state index in [4.69, 9.17) is 0 Å². The zero-order chi connectivity index (χ0) is 30.0. The first-order valence-electron chi connectivity index (χ1n) is 14.9. The first-order valence-corrected chi connectivity index (χ1v) is 14.9. The number of phenolic OH excluding ortho intramolecular Hbond substituents is 2. The molecule has 0 saturated heterocycles. The largest absolute Gasteiger partial charge is 2.00 e. The molecule has 2 nitrogen and oxygen atoms in total. The molecule has 222 valence electrons. The molecule has 0 aliphatic heterocycles. The second-order valence-corrected chi connectivity index (χ2v) is 12.3. The van der Waals surface area contributed by atoms with Gasteiger partial charge in [0.1, 0.15) is 11.5 Å². The molecular formula is C38H54O2Zr. The summed E-state index contributed by atoms with van der Waals surface area (Å²) < 4.78 is 0. The van der Waals surface area contributed by atoms with Crippen LogP contribution in [-0.2, 0) is 49.9 Å². The van der Waals surface area contributed by atoms with E-state index < -0.39 is 0 Å². The second kappa shape index (κ2) is 20.5. The minimum Gasteiger partial charge on any atom is -0.508 e. The van der Waals surface area contributed by atoms with Crippen molar-refractivity contribution >= 4 is 0 Å². The molecule has 2 N–H and O–H groups in total. The van der Waals surface area contributed by atoms with E-state index in [1.54, 1.807) is 12.1 Å². The van der Waals surface area contributed by atoms with E-state index >= 15 is 0 Å². The fraction of sp³-hybridized carbons (Fsp3) is 0.421. The van der Waals surface area contributed by atoms with E-state index in [0.717, 1.165) is 11.1 Å². The van der Waals surface area contributed by atoms with Crippen molar-refractivity contribution in [3.8, 4) is 11.5 Å². The zero-order valence-corrected chi connectivity index (χ0v) is 29.3. The maximum atomic E-state index is 9.45. The second-order valence-electron chi connectivity index (χ2n) is 12.3. The van der Waals surface area contributed by atoms with Crippen LogP contribution < -0.4 is 0 Å². The molecule has 0 aliphatic rings. The predicted octanol–water partition coefficient (Wildman–Crippen LogP) is 10.9. The van der Waals surface area contributed by atoms with Crippen LogP contribution in [0, 0.1) is 0 Å². The van der Waals surface area contributed by atoms with E-state index in [0.29, 0.717) is 11.5 Å². The Hall–Kier alpha value is -2.38. The molecule has 41 heavy (non-hydrogen) atoms. The normalized spacial score (nSPS) is 10.5. The van der Waals surface area contributed by atoms with E-state index in [9.17, 15) is 10.2 Å². The summed E-state index contributed by atoms with van der Waals surface area (Å²) in [7, 11) is 0. The van der Waals surface area contributed by atoms with Crippen LogP contribution in [-0.4, -0.2) is 10.2 Å². The summed E-state index contributed by atoms with van der Waals surface area (Å²) in [6, 6.07) is 32.1. The standard InChI is InChI=1S/2C10H14O.2C9H13.Zr/c2*1-10(2,3)8-6-4-5-7-9(8)11;2*1-2-3-6-9-7-4-5-8-9;/h2*4-7,11H,1-3H3;2*4-5,7-8H,2-3,6H2,1H3;/q;;2*-1;+2. The van der Waals surface area contributed by atoms with Crippen molar-refractivity contribution in [1.82, 2.24) is 0 Å². The van der Waals surface area contributed by atoms with Gasteiger partial charge in [0, 0.05) is 0 Å². The summed E-state index contributed by atoms with van der Waals surface area (Å²) in [5.74, 6) is 0.778. The first-order chi connectivity index (χ1) is 18.9. The number of aryl methyl sites for hydroxylation is 2. The van der Waals surface area contributed by atoms with Crippen molar-refractivity contribution in [3.05, 3.63) is 119 Å². The summed E-state index contributed by atoms with van der Waals surface area (Å²) in [6.07, 6.45) is 7.75. The van der Waals surface area contributed by atoms with Gasteiger partial charge in [-0.2, -0.15) is 35.4 Å². The molecular weight excluding hydrogens is 580 g/mol. The number of rotatable bonds is 6. The number of aromatic hydroxyl groups is 2. The number of benzene rings is 2. The Labute approximate surface area is 270 Å². The van der Waals surface area contributed by atoms with Crippen LogP contribution in [0.4, 0.5) is 0 Å². The van der Waals surface area contributed by atoms with Gasteiger partial charge in [-0.15, -0.1) is 0 Å². The van der Waals surface area contributed by atoms with E-state index in [2.05, 4.69) is 104 Å². The topological polar surface area (TPSA) is 40.5 Å². The quantitative estimate of drug-likeness (QED) is 0.207. The van der Waals surface area contributed by atoms with Crippen LogP contribution in [0.15, 0.2) is 97.1 Å². The van der Waals surface area contributed by atoms with Gasteiger partial charge in [0.15, 0.2) is 0 Å². The Morgan fingerprint density at radius 2 is 0.805 bits per heavy atom. The molecule has 0 bridgehead atoms. The van der Waals surface area contributed by atoms with Gasteiger partial charge >= 0.3 is 26.2 Å². The molecule has 0 aromatic heterocycles. The van der Waals surface area contributed by atoms with Crippen molar-refractivity contribution in [2.75, 3.05) is 0 Å². The Balaban J connectivity index is 0.000000518. The SMILES string of the molecule is CC(C)(C)c1ccccc1O.CC(C)(C)c1ccccc1O.CCCC[c-]1cccc1.CCCC[c-]1cccc1.[Zr+2]. The van der Waals surface area contributed by atoms with Crippen molar-refractivity contribution in [2.24, 2.45) is 0 Å². The van der Waals surface area contributed by atoms with Crippen LogP contribution in [0.5, 0.6) is 11.5 Å². The maximum Gasteiger partial charge on any atom is 2.00 e. The number of para-hydroxylation sites is 2. The monoisotopic (exact) mass is 632 g/mol. The van der Waals surface area contributed by atoms with E-state index in [-0.39, 0.29) is 37.0 Å². The van der Waals surface area contributed by atoms with Crippen LogP contribution in [0.25, 0.3) is 0 Å². The van der Waals surface area contributed by atoms with E-state index in [1.165, 1.54) is 49.7 Å². The molecule has 0 saturated carbocycles. The number of hydrogen-bond donors (Lipinski definition) is 2. The molecule has 4 rings (SSSR count). The maximum absolute atomic E-state index is 9.45. The molecule has 0 heterocycles. The average Bonchev–Trinajstić information content (AvgIpc) is 3.61. The number of hydrogen-bond acceptors (Lipinski definition) is 2. The minimum atomic E-state index is 0. The van der Waals surface area contributed by atoms with Crippen LogP contribution >= 0.6 is 0 Å². The van der Waals surface area contributed by atoms with Crippen LogP contribution in [0.1, 0.15) is 103 Å². The van der Waals surface area contributed by atoms with Crippen molar-refractivity contribution < 1.29 is 36.4 Å². The van der Waals surface area contributed by atoms with Gasteiger partial charge in [-0.25, -0.2) is 24.3 Å². The van der Waals surface area contributed by atoms with Crippen molar-refractivity contribution in [2.45, 2.75) is 105 Å². The molecule has 4 aromatic carbocycles. The van der Waals surface area contributed by atoms with Crippen LogP contribution in [0.3, 0.4) is 0 Å². The summed E-state index contributed by atoms with van der Waals surface area (Å²) in [5, 5.41) is 18.9. The van der Waals surface area contributed by atoms with Crippen LogP contribution in [0.2, 0.25) is 0 Å². The molecule has 0 unspecified atom stereocenters. The Morgan fingerprint density at radius 1 is 0.512 bits per heavy atom. The third-order valence-electron chi connectivity index (χ3n) is 6.53. The first kappa shape index (κ1) is 38.6. The predicted molar refractivity (Wildman–Crippen MR) is 175 cm³/mol. The molecule has 0 fully saturated rings. The van der Waals surface area contributed by atoms with Gasteiger partial charge in [-0.3, -0.25) is 0 Å². The summed E-state index contributed by atoms with van der Waals surface area (Å²) in [5.41, 5.74) is 5.03. The average molecular weight is 634 g/mol. The fourth-order valence-corrected chi connectivity index (χ4v) is 4.14. The van der Waals surface area contributed by atoms with Gasteiger partial charge in [-0.05, 0) is 34.1 Å². The zero-order valence-electron chi connectivity index (χ0n) is 26.9. The van der Waals surface area contributed by atoms with E-state index in [1.807, 2.05) is 36.4 Å². The molecule has 0 amide bonds. The summed E-state index contributed by atoms with van der Waals surface area (Å²) in [4.78, 5) is 0. The smallest absolute Gasteiger partial charge is 0.508 e. The van der Waals surface area contributed by atoms with Gasteiger partial charge in [0.2, 0.25) is 0 Å². The minimum absolute atomic E-state index is 0. The van der Waals surface area contributed by atoms with Gasteiger partial charge in [0.05, 0.1) is 0 Å². The van der Waals surface area contributed by atoms with Crippen molar-refractivity contribution in [1.29, 1.82) is 0 Å². The van der Waals surface area contributed by atoms with Gasteiger partial charge < -0.3 is 10.2 Å². The Bertz CT molecular complexity index is 1050. The molecule has 3 heteroatoms.